The summed E-state index contributed by atoms with van der Waals surface area (Å²) in [5, 5.41) is 0. The highest BCUT2D eigenvalue weighted by Gasteiger charge is 2.28. The molecule has 0 aliphatic heterocycles. The SMILES string of the molecule is CN(C(=O)C1CCCC(N)C1)c1ccc(C(C)(C)C)cc1. The molecule has 2 atom stereocenters. The third-order valence-corrected chi connectivity index (χ3v) is 4.52. The summed E-state index contributed by atoms with van der Waals surface area (Å²) in [6, 6.07) is 8.50. The van der Waals surface area contributed by atoms with Crippen molar-refractivity contribution in [3.05, 3.63) is 29.8 Å². The van der Waals surface area contributed by atoms with Gasteiger partial charge in [-0.2, -0.15) is 0 Å². The Kier molecular flexibility index (Phi) is 4.72. The summed E-state index contributed by atoms with van der Waals surface area (Å²) in [5.74, 6) is 0.287. The summed E-state index contributed by atoms with van der Waals surface area (Å²) in [4.78, 5) is 14.4. The quantitative estimate of drug-likeness (QED) is 0.906. The van der Waals surface area contributed by atoms with Gasteiger partial charge in [0, 0.05) is 24.7 Å². The van der Waals surface area contributed by atoms with Gasteiger partial charge in [0.2, 0.25) is 5.91 Å². The van der Waals surface area contributed by atoms with Gasteiger partial charge in [-0.15, -0.1) is 0 Å². The Bertz CT molecular complexity index is 487. The predicted octanol–water partition coefficient (Wildman–Crippen LogP) is 3.46. The number of carbonyl (C=O) groups excluding carboxylic acids is 1. The van der Waals surface area contributed by atoms with Crippen molar-refractivity contribution in [3.8, 4) is 0 Å². The lowest BCUT2D eigenvalue weighted by atomic mass is 9.85. The molecule has 0 saturated heterocycles. The highest BCUT2D eigenvalue weighted by Crippen LogP contribution is 2.28. The van der Waals surface area contributed by atoms with Crippen LogP contribution in [0.25, 0.3) is 0 Å². The molecule has 1 aromatic rings. The number of carbonyl (C=O) groups is 1. The van der Waals surface area contributed by atoms with Crippen molar-refractivity contribution < 1.29 is 4.79 Å². The largest absolute Gasteiger partial charge is 0.328 e. The van der Waals surface area contributed by atoms with Gasteiger partial charge in [0.1, 0.15) is 0 Å². The van der Waals surface area contributed by atoms with Crippen molar-refractivity contribution in [1.29, 1.82) is 0 Å². The number of rotatable bonds is 2. The Morgan fingerprint density at radius 3 is 2.33 bits per heavy atom. The number of amides is 1. The van der Waals surface area contributed by atoms with E-state index in [0.29, 0.717) is 0 Å². The Morgan fingerprint density at radius 2 is 1.81 bits per heavy atom. The normalized spacial score (nSPS) is 22.9. The first-order chi connectivity index (χ1) is 9.79. The molecule has 1 fully saturated rings. The average molecular weight is 288 g/mol. The molecule has 0 spiro atoms. The van der Waals surface area contributed by atoms with Gasteiger partial charge in [-0.05, 0) is 42.4 Å². The van der Waals surface area contributed by atoms with Crippen molar-refractivity contribution in [3.63, 3.8) is 0 Å². The Labute approximate surface area is 128 Å². The van der Waals surface area contributed by atoms with Crippen LogP contribution in [0.2, 0.25) is 0 Å². The third-order valence-electron chi connectivity index (χ3n) is 4.52. The zero-order valence-corrected chi connectivity index (χ0v) is 13.7. The molecule has 0 bridgehead atoms. The standard InChI is InChI=1S/C18H28N2O/c1-18(2,3)14-8-10-16(11-9-14)20(4)17(21)13-6-5-7-15(19)12-13/h8-11,13,15H,5-7,12,19H2,1-4H3. The van der Waals surface area contributed by atoms with E-state index in [1.165, 1.54) is 5.56 Å². The summed E-state index contributed by atoms with van der Waals surface area (Å²) in [5.41, 5.74) is 8.38. The first kappa shape index (κ1) is 16.0. The maximum atomic E-state index is 12.6. The molecule has 1 amide bonds. The number of benzene rings is 1. The summed E-state index contributed by atoms with van der Waals surface area (Å²) in [6.07, 6.45) is 3.91. The molecule has 0 heterocycles. The topological polar surface area (TPSA) is 46.3 Å². The number of nitrogens with zero attached hydrogens (tertiary/aromatic N) is 1. The minimum Gasteiger partial charge on any atom is -0.328 e. The van der Waals surface area contributed by atoms with Crippen LogP contribution in [-0.2, 0) is 10.2 Å². The van der Waals surface area contributed by atoms with Crippen LogP contribution in [0.15, 0.2) is 24.3 Å². The van der Waals surface area contributed by atoms with Gasteiger partial charge >= 0.3 is 0 Å². The summed E-state index contributed by atoms with van der Waals surface area (Å²) < 4.78 is 0. The van der Waals surface area contributed by atoms with E-state index in [-0.39, 0.29) is 23.3 Å². The Morgan fingerprint density at radius 1 is 1.19 bits per heavy atom. The molecular weight excluding hydrogens is 260 g/mol. The van der Waals surface area contributed by atoms with Crippen molar-refractivity contribution in [2.45, 2.75) is 57.9 Å². The molecule has 3 heteroatoms. The molecule has 1 aliphatic carbocycles. The van der Waals surface area contributed by atoms with Crippen molar-refractivity contribution in [2.24, 2.45) is 11.7 Å². The van der Waals surface area contributed by atoms with E-state index in [9.17, 15) is 4.79 Å². The fourth-order valence-corrected chi connectivity index (χ4v) is 3.04. The molecule has 0 radical (unpaired) electrons. The monoisotopic (exact) mass is 288 g/mol. The van der Waals surface area contributed by atoms with Crippen molar-refractivity contribution in [1.82, 2.24) is 0 Å². The Balaban J connectivity index is 2.08. The first-order valence-electron chi connectivity index (χ1n) is 7.92. The van der Waals surface area contributed by atoms with Crippen LogP contribution in [0.3, 0.4) is 0 Å². The van der Waals surface area contributed by atoms with E-state index in [4.69, 9.17) is 5.73 Å². The lowest BCUT2D eigenvalue weighted by Gasteiger charge is -2.29. The second-order valence-electron chi connectivity index (χ2n) is 7.32. The van der Waals surface area contributed by atoms with Crippen molar-refractivity contribution in [2.75, 3.05) is 11.9 Å². The van der Waals surface area contributed by atoms with Gasteiger partial charge in [0.25, 0.3) is 0 Å². The van der Waals surface area contributed by atoms with Crippen LogP contribution in [0.1, 0.15) is 52.0 Å². The van der Waals surface area contributed by atoms with Gasteiger partial charge in [0.05, 0.1) is 0 Å². The highest BCUT2D eigenvalue weighted by atomic mass is 16.2. The molecule has 3 nitrogen and oxygen atoms in total. The number of hydrogen-bond acceptors (Lipinski definition) is 2. The molecule has 1 aromatic carbocycles. The maximum absolute atomic E-state index is 12.6. The van der Waals surface area contributed by atoms with Crippen molar-refractivity contribution >= 4 is 11.6 Å². The summed E-state index contributed by atoms with van der Waals surface area (Å²) in [7, 11) is 1.87. The number of nitrogens with two attached hydrogens (primary N) is 1. The summed E-state index contributed by atoms with van der Waals surface area (Å²) in [6.45, 7) is 6.58. The summed E-state index contributed by atoms with van der Waals surface area (Å²) >= 11 is 0. The van der Waals surface area contributed by atoms with Gasteiger partial charge < -0.3 is 10.6 Å². The molecule has 0 aromatic heterocycles. The molecule has 116 valence electrons. The number of anilines is 1. The third kappa shape index (κ3) is 3.85. The zero-order chi connectivity index (χ0) is 15.6. The second kappa shape index (κ2) is 6.18. The minimum absolute atomic E-state index is 0.0843. The van der Waals surface area contributed by atoms with Crippen LogP contribution in [0.5, 0.6) is 0 Å². The minimum atomic E-state index is 0.0843. The molecular formula is C18H28N2O. The Hall–Kier alpha value is -1.35. The lowest BCUT2D eigenvalue weighted by Crippen LogP contribution is -2.38. The fraction of sp³-hybridized carbons (Fsp3) is 0.611. The molecule has 21 heavy (non-hydrogen) atoms. The average Bonchev–Trinajstić information content (AvgIpc) is 2.45. The molecule has 2 N–H and O–H groups in total. The first-order valence-corrected chi connectivity index (χ1v) is 7.92. The van der Waals surface area contributed by atoms with E-state index in [0.717, 1.165) is 31.4 Å². The maximum Gasteiger partial charge on any atom is 0.229 e. The predicted molar refractivity (Wildman–Crippen MR) is 88.5 cm³/mol. The van der Waals surface area contributed by atoms with E-state index < -0.39 is 0 Å². The lowest BCUT2D eigenvalue weighted by molar-refractivity contribution is -0.123. The van der Waals surface area contributed by atoms with Gasteiger partial charge in [-0.25, -0.2) is 0 Å². The number of hydrogen-bond donors (Lipinski definition) is 1. The van der Waals surface area contributed by atoms with Gasteiger partial charge in [-0.3, -0.25) is 4.79 Å². The second-order valence-corrected chi connectivity index (χ2v) is 7.32. The van der Waals surface area contributed by atoms with E-state index in [1.54, 1.807) is 4.90 Å². The smallest absolute Gasteiger partial charge is 0.229 e. The molecule has 2 unspecified atom stereocenters. The molecule has 1 saturated carbocycles. The van der Waals surface area contributed by atoms with E-state index in [2.05, 4.69) is 32.9 Å². The van der Waals surface area contributed by atoms with E-state index >= 15 is 0 Å². The zero-order valence-electron chi connectivity index (χ0n) is 13.7. The van der Waals surface area contributed by atoms with Crippen LogP contribution in [0, 0.1) is 5.92 Å². The van der Waals surface area contributed by atoms with Crippen LogP contribution < -0.4 is 10.6 Å². The molecule has 1 aliphatic rings. The van der Waals surface area contributed by atoms with Crippen LogP contribution in [-0.4, -0.2) is 19.0 Å². The highest BCUT2D eigenvalue weighted by molar-refractivity contribution is 5.94. The van der Waals surface area contributed by atoms with Gasteiger partial charge in [-0.1, -0.05) is 39.3 Å². The molecule has 2 rings (SSSR count). The van der Waals surface area contributed by atoms with Crippen LogP contribution >= 0.6 is 0 Å². The van der Waals surface area contributed by atoms with Crippen LogP contribution in [0.4, 0.5) is 5.69 Å². The van der Waals surface area contributed by atoms with Gasteiger partial charge in [0.15, 0.2) is 0 Å². The van der Waals surface area contributed by atoms with E-state index in [1.807, 2.05) is 19.2 Å². The fourth-order valence-electron chi connectivity index (χ4n) is 3.04.